The number of nitrogens with zero attached hydrogens (tertiary/aromatic N) is 2. The lowest BCUT2D eigenvalue weighted by Crippen LogP contribution is -2.27. The fourth-order valence-electron chi connectivity index (χ4n) is 1.78. The van der Waals surface area contributed by atoms with Crippen molar-refractivity contribution in [3.8, 4) is 0 Å². The topological polar surface area (TPSA) is 76.1 Å². The Kier molecular flexibility index (Phi) is 4.93. The van der Waals surface area contributed by atoms with Crippen molar-refractivity contribution in [2.45, 2.75) is 32.9 Å². The number of rotatable bonds is 4. The fraction of sp³-hybridized carbons (Fsp3) is 0.312. The van der Waals surface area contributed by atoms with Crippen LogP contribution in [0.4, 0.5) is 16.2 Å². The number of carbonyl (C=O) groups excluding carboxylic acids is 1. The van der Waals surface area contributed by atoms with E-state index in [0.29, 0.717) is 12.2 Å². The van der Waals surface area contributed by atoms with E-state index in [1.165, 1.54) is 6.33 Å². The van der Waals surface area contributed by atoms with Gasteiger partial charge in [0.1, 0.15) is 11.9 Å². The Morgan fingerprint density at radius 1 is 1.14 bits per heavy atom. The van der Waals surface area contributed by atoms with Crippen LogP contribution in [0.25, 0.3) is 0 Å². The summed E-state index contributed by atoms with van der Waals surface area (Å²) in [6.45, 7) is 6.04. The molecule has 0 spiro atoms. The van der Waals surface area contributed by atoms with Gasteiger partial charge in [-0.1, -0.05) is 12.1 Å². The molecule has 0 saturated carbocycles. The Balaban J connectivity index is 2.02. The molecule has 2 rings (SSSR count). The highest BCUT2D eigenvalue weighted by atomic mass is 16.6. The van der Waals surface area contributed by atoms with Crippen LogP contribution in [0.2, 0.25) is 0 Å². The first kappa shape index (κ1) is 15.8. The van der Waals surface area contributed by atoms with E-state index in [4.69, 9.17) is 4.74 Å². The van der Waals surface area contributed by atoms with Gasteiger partial charge in [-0.05, 0) is 32.9 Å². The molecule has 2 aromatic rings. The zero-order valence-electron chi connectivity index (χ0n) is 13.0. The lowest BCUT2D eigenvalue weighted by molar-refractivity contribution is 0.0636. The zero-order valence-corrected chi connectivity index (χ0v) is 13.0. The van der Waals surface area contributed by atoms with Gasteiger partial charge < -0.3 is 10.1 Å². The molecule has 1 aromatic carbocycles. The molecule has 116 valence electrons. The molecule has 0 aliphatic carbocycles. The highest BCUT2D eigenvalue weighted by Crippen LogP contribution is 2.22. The second-order valence-corrected chi connectivity index (χ2v) is 5.77. The van der Waals surface area contributed by atoms with E-state index in [0.717, 1.165) is 11.3 Å². The standard InChI is InChI=1S/C16H20N4O2/c1-16(2,3)22-15(21)20-14-7-5-4-6-13(14)19-10-12-8-17-11-18-9-12/h4-9,11,19H,10H2,1-3H3,(H,20,21). The quantitative estimate of drug-likeness (QED) is 0.904. The molecule has 1 amide bonds. The van der Waals surface area contributed by atoms with Crippen molar-refractivity contribution < 1.29 is 9.53 Å². The van der Waals surface area contributed by atoms with Crippen LogP contribution in [0, 0.1) is 0 Å². The van der Waals surface area contributed by atoms with Gasteiger partial charge in [0.25, 0.3) is 0 Å². The van der Waals surface area contributed by atoms with E-state index >= 15 is 0 Å². The van der Waals surface area contributed by atoms with Crippen molar-refractivity contribution in [2.75, 3.05) is 10.6 Å². The number of hydrogen-bond donors (Lipinski definition) is 2. The Bertz CT molecular complexity index is 624. The SMILES string of the molecule is CC(C)(C)OC(=O)Nc1ccccc1NCc1cncnc1. The number of anilines is 2. The minimum atomic E-state index is -0.534. The first-order valence-electron chi connectivity index (χ1n) is 7.01. The monoisotopic (exact) mass is 300 g/mol. The van der Waals surface area contributed by atoms with Crippen molar-refractivity contribution in [3.63, 3.8) is 0 Å². The van der Waals surface area contributed by atoms with Crippen molar-refractivity contribution in [3.05, 3.63) is 48.5 Å². The Morgan fingerprint density at radius 3 is 2.41 bits per heavy atom. The molecular weight excluding hydrogens is 280 g/mol. The third-order valence-corrected chi connectivity index (χ3v) is 2.66. The van der Waals surface area contributed by atoms with E-state index in [-0.39, 0.29) is 0 Å². The highest BCUT2D eigenvalue weighted by Gasteiger charge is 2.17. The maximum absolute atomic E-state index is 11.9. The molecule has 0 saturated heterocycles. The van der Waals surface area contributed by atoms with Gasteiger partial charge in [0.15, 0.2) is 0 Å². The van der Waals surface area contributed by atoms with E-state index in [9.17, 15) is 4.79 Å². The summed E-state index contributed by atoms with van der Waals surface area (Å²) in [5.74, 6) is 0. The molecule has 1 aromatic heterocycles. The molecule has 0 bridgehead atoms. The Morgan fingerprint density at radius 2 is 1.77 bits per heavy atom. The maximum atomic E-state index is 11.9. The number of nitrogens with one attached hydrogen (secondary N) is 2. The third kappa shape index (κ3) is 5.05. The molecule has 1 heterocycles. The number of benzene rings is 1. The average Bonchev–Trinajstić information content (AvgIpc) is 2.45. The van der Waals surface area contributed by atoms with Gasteiger partial charge in [0.05, 0.1) is 11.4 Å². The summed E-state index contributed by atoms with van der Waals surface area (Å²) in [4.78, 5) is 19.8. The van der Waals surface area contributed by atoms with Crippen molar-refractivity contribution in [2.24, 2.45) is 0 Å². The van der Waals surface area contributed by atoms with Crippen LogP contribution in [-0.2, 0) is 11.3 Å². The predicted molar refractivity (Wildman–Crippen MR) is 85.7 cm³/mol. The van der Waals surface area contributed by atoms with E-state index in [1.54, 1.807) is 12.4 Å². The molecule has 0 aliphatic heterocycles. The Labute approximate surface area is 129 Å². The molecule has 2 N–H and O–H groups in total. The molecule has 0 fully saturated rings. The lowest BCUT2D eigenvalue weighted by atomic mass is 10.2. The number of ether oxygens (including phenoxy) is 1. The first-order valence-corrected chi connectivity index (χ1v) is 7.01. The second-order valence-electron chi connectivity index (χ2n) is 5.77. The smallest absolute Gasteiger partial charge is 0.412 e. The second kappa shape index (κ2) is 6.89. The van der Waals surface area contributed by atoms with Gasteiger partial charge in [-0.15, -0.1) is 0 Å². The lowest BCUT2D eigenvalue weighted by Gasteiger charge is -2.20. The fourth-order valence-corrected chi connectivity index (χ4v) is 1.78. The molecular formula is C16H20N4O2. The van der Waals surface area contributed by atoms with Gasteiger partial charge >= 0.3 is 6.09 Å². The molecule has 22 heavy (non-hydrogen) atoms. The van der Waals surface area contributed by atoms with Crippen LogP contribution < -0.4 is 10.6 Å². The summed E-state index contributed by atoms with van der Waals surface area (Å²) in [6, 6.07) is 7.44. The summed E-state index contributed by atoms with van der Waals surface area (Å²) in [7, 11) is 0. The number of para-hydroxylation sites is 2. The third-order valence-electron chi connectivity index (χ3n) is 2.66. The predicted octanol–water partition coefficient (Wildman–Crippen LogP) is 3.44. The molecule has 6 heteroatoms. The number of aromatic nitrogens is 2. The van der Waals surface area contributed by atoms with Gasteiger partial charge in [-0.25, -0.2) is 14.8 Å². The van der Waals surface area contributed by atoms with Crippen molar-refractivity contribution >= 4 is 17.5 Å². The van der Waals surface area contributed by atoms with Crippen molar-refractivity contribution in [1.82, 2.24) is 9.97 Å². The van der Waals surface area contributed by atoms with Crippen LogP contribution in [0.15, 0.2) is 43.0 Å². The van der Waals surface area contributed by atoms with Crippen LogP contribution >= 0.6 is 0 Å². The molecule has 0 radical (unpaired) electrons. The van der Waals surface area contributed by atoms with E-state index in [2.05, 4.69) is 20.6 Å². The number of carbonyl (C=O) groups is 1. The number of amides is 1. The van der Waals surface area contributed by atoms with Gasteiger partial charge in [0, 0.05) is 24.5 Å². The van der Waals surface area contributed by atoms with Crippen molar-refractivity contribution in [1.29, 1.82) is 0 Å². The minimum absolute atomic E-state index is 0.482. The van der Waals surface area contributed by atoms with Gasteiger partial charge in [-0.2, -0.15) is 0 Å². The molecule has 0 atom stereocenters. The maximum Gasteiger partial charge on any atom is 0.412 e. The average molecular weight is 300 g/mol. The summed E-state index contributed by atoms with van der Waals surface area (Å²) >= 11 is 0. The van der Waals surface area contributed by atoms with Crippen LogP contribution in [-0.4, -0.2) is 21.7 Å². The Hall–Kier alpha value is -2.63. The van der Waals surface area contributed by atoms with Crippen LogP contribution in [0.3, 0.4) is 0 Å². The summed E-state index contributed by atoms with van der Waals surface area (Å²) in [6.07, 6.45) is 4.49. The summed E-state index contributed by atoms with van der Waals surface area (Å²) in [5, 5.41) is 6.00. The van der Waals surface area contributed by atoms with Crippen LogP contribution in [0.5, 0.6) is 0 Å². The highest BCUT2D eigenvalue weighted by molar-refractivity contribution is 5.89. The number of hydrogen-bond acceptors (Lipinski definition) is 5. The van der Waals surface area contributed by atoms with Crippen LogP contribution in [0.1, 0.15) is 26.3 Å². The minimum Gasteiger partial charge on any atom is -0.444 e. The molecule has 0 unspecified atom stereocenters. The summed E-state index contributed by atoms with van der Waals surface area (Å²) < 4.78 is 5.26. The summed E-state index contributed by atoms with van der Waals surface area (Å²) in [5.41, 5.74) is 1.88. The van der Waals surface area contributed by atoms with Gasteiger partial charge in [0.2, 0.25) is 0 Å². The largest absolute Gasteiger partial charge is 0.444 e. The molecule has 0 aliphatic rings. The molecule has 6 nitrogen and oxygen atoms in total. The van der Waals surface area contributed by atoms with Gasteiger partial charge in [-0.3, -0.25) is 5.32 Å². The zero-order chi connectivity index (χ0) is 16.0. The van der Waals surface area contributed by atoms with E-state index < -0.39 is 11.7 Å². The van der Waals surface area contributed by atoms with E-state index in [1.807, 2.05) is 45.0 Å². The normalized spacial score (nSPS) is 10.9. The first-order chi connectivity index (χ1) is 10.4.